The molecule has 25 heavy (non-hydrogen) atoms. The molecule has 0 spiro atoms. The van der Waals surface area contributed by atoms with Gasteiger partial charge in [-0.1, -0.05) is 6.07 Å². The fourth-order valence-electron chi connectivity index (χ4n) is 3.08. The van der Waals surface area contributed by atoms with Crippen molar-refractivity contribution in [1.29, 1.82) is 0 Å². The number of rotatable bonds is 4. The Morgan fingerprint density at radius 3 is 2.60 bits per heavy atom. The van der Waals surface area contributed by atoms with E-state index in [1.165, 1.54) is 6.07 Å². The molecule has 0 atom stereocenters. The van der Waals surface area contributed by atoms with Gasteiger partial charge >= 0.3 is 0 Å². The largest absolute Gasteiger partial charge is 0.353 e. The van der Waals surface area contributed by atoms with Gasteiger partial charge in [-0.05, 0) is 32.0 Å². The van der Waals surface area contributed by atoms with Crippen molar-refractivity contribution in [3.63, 3.8) is 0 Å². The predicted molar refractivity (Wildman–Crippen MR) is 93.9 cm³/mol. The van der Waals surface area contributed by atoms with Crippen LogP contribution >= 0.6 is 0 Å². The first-order valence-electron chi connectivity index (χ1n) is 8.52. The number of aromatic nitrogens is 1. The van der Waals surface area contributed by atoms with Crippen LogP contribution < -0.4 is 5.32 Å². The molecule has 7 heteroatoms. The molecule has 0 saturated carbocycles. The summed E-state index contributed by atoms with van der Waals surface area (Å²) < 4.78 is 13.8. The van der Waals surface area contributed by atoms with Crippen molar-refractivity contribution in [3.8, 4) is 0 Å². The summed E-state index contributed by atoms with van der Waals surface area (Å²) in [5.41, 5.74) is 1.01. The van der Waals surface area contributed by atoms with Crippen LogP contribution in [0.1, 0.15) is 24.3 Å². The second kappa shape index (κ2) is 7.23. The minimum Gasteiger partial charge on any atom is -0.353 e. The third-order valence-electron chi connectivity index (χ3n) is 4.32. The predicted octanol–water partition coefficient (Wildman–Crippen LogP) is 1.59. The lowest BCUT2D eigenvalue weighted by Crippen LogP contribution is -2.51. The number of nitrogens with zero attached hydrogens (tertiary/aromatic N) is 2. The highest BCUT2D eigenvalue weighted by Gasteiger charge is 2.24. The van der Waals surface area contributed by atoms with Gasteiger partial charge in [0.05, 0.1) is 6.54 Å². The average molecular weight is 346 g/mol. The lowest BCUT2D eigenvalue weighted by atomic mass is 10.2. The van der Waals surface area contributed by atoms with Gasteiger partial charge in [-0.15, -0.1) is 0 Å². The van der Waals surface area contributed by atoms with E-state index in [0.29, 0.717) is 49.3 Å². The molecule has 1 aliphatic heterocycles. The average Bonchev–Trinajstić information content (AvgIpc) is 3.00. The summed E-state index contributed by atoms with van der Waals surface area (Å²) in [6, 6.07) is 6.43. The van der Waals surface area contributed by atoms with Gasteiger partial charge in [-0.3, -0.25) is 14.5 Å². The Labute approximate surface area is 146 Å². The van der Waals surface area contributed by atoms with Crippen LogP contribution in [0.5, 0.6) is 0 Å². The Morgan fingerprint density at radius 1 is 1.24 bits per heavy atom. The van der Waals surface area contributed by atoms with E-state index in [1.807, 2.05) is 18.7 Å². The molecule has 6 nitrogen and oxygen atoms in total. The van der Waals surface area contributed by atoms with Crippen LogP contribution in [0.15, 0.2) is 24.3 Å². The lowest BCUT2D eigenvalue weighted by molar-refractivity contribution is -0.123. The molecule has 2 amide bonds. The third-order valence-corrected chi connectivity index (χ3v) is 4.32. The first-order valence-corrected chi connectivity index (χ1v) is 8.52. The van der Waals surface area contributed by atoms with Crippen molar-refractivity contribution < 1.29 is 14.0 Å². The number of hydrogen-bond donors (Lipinski definition) is 2. The van der Waals surface area contributed by atoms with Crippen LogP contribution in [0.25, 0.3) is 10.9 Å². The smallest absolute Gasteiger partial charge is 0.270 e. The Hall–Kier alpha value is -2.41. The van der Waals surface area contributed by atoms with Crippen LogP contribution in [-0.2, 0) is 4.79 Å². The molecule has 2 aromatic rings. The Bertz CT molecular complexity index is 778. The van der Waals surface area contributed by atoms with E-state index in [1.54, 1.807) is 23.1 Å². The zero-order chi connectivity index (χ0) is 18.0. The number of carbonyl (C=O) groups excluding carboxylic acids is 2. The van der Waals surface area contributed by atoms with E-state index in [2.05, 4.69) is 10.3 Å². The number of carbonyl (C=O) groups is 2. The zero-order valence-corrected chi connectivity index (χ0v) is 14.5. The number of amides is 2. The number of piperazine rings is 1. The van der Waals surface area contributed by atoms with Crippen molar-refractivity contribution in [1.82, 2.24) is 20.1 Å². The molecule has 0 radical (unpaired) electrons. The van der Waals surface area contributed by atoms with Crippen LogP contribution in [0.2, 0.25) is 0 Å². The van der Waals surface area contributed by atoms with E-state index in [9.17, 15) is 14.0 Å². The highest BCUT2D eigenvalue weighted by molar-refractivity contribution is 5.98. The monoisotopic (exact) mass is 346 g/mol. The van der Waals surface area contributed by atoms with Crippen molar-refractivity contribution in [2.45, 2.75) is 19.9 Å². The highest BCUT2D eigenvalue weighted by Crippen LogP contribution is 2.20. The standard InChI is InChI=1S/C18H23FN4O2/c1-12(2)20-17(24)11-22-6-8-23(9-7-22)18(25)16-10-13-14(19)4-3-5-15(13)21-16/h3-5,10,12,21H,6-9,11H2,1-2H3,(H,20,24). The van der Waals surface area contributed by atoms with E-state index in [4.69, 9.17) is 0 Å². The van der Waals surface area contributed by atoms with Crippen molar-refractivity contribution >= 4 is 22.7 Å². The van der Waals surface area contributed by atoms with Gasteiger partial charge in [0, 0.05) is 43.1 Å². The number of halogens is 1. The minimum absolute atomic E-state index is 0.000805. The normalized spacial score (nSPS) is 15.8. The number of H-pyrrole nitrogens is 1. The summed E-state index contributed by atoms with van der Waals surface area (Å²) >= 11 is 0. The maximum Gasteiger partial charge on any atom is 0.270 e. The molecule has 1 fully saturated rings. The van der Waals surface area contributed by atoms with E-state index in [-0.39, 0.29) is 23.7 Å². The van der Waals surface area contributed by atoms with E-state index in [0.717, 1.165) is 0 Å². The number of aromatic amines is 1. The van der Waals surface area contributed by atoms with E-state index >= 15 is 0 Å². The molecule has 0 unspecified atom stereocenters. The van der Waals surface area contributed by atoms with E-state index < -0.39 is 0 Å². The minimum atomic E-state index is -0.339. The molecule has 2 N–H and O–H groups in total. The Kier molecular flexibility index (Phi) is 5.03. The third kappa shape index (κ3) is 3.99. The lowest BCUT2D eigenvalue weighted by Gasteiger charge is -2.34. The van der Waals surface area contributed by atoms with Crippen LogP contribution in [0.4, 0.5) is 4.39 Å². The summed E-state index contributed by atoms with van der Waals surface area (Å²) in [5, 5.41) is 3.29. The van der Waals surface area contributed by atoms with Crippen molar-refractivity contribution in [2.24, 2.45) is 0 Å². The number of benzene rings is 1. The van der Waals surface area contributed by atoms with Crippen LogP contribution in [-0.4, -0.2) is 65.4 Å². The number of fused-ring (bicyclic) bond motifs is 1. The van der Waals surface area contributed by atoms with Gasteiger partial charge in [-0.2, -0.15) is 0 Å². The molecule has 3 rings (SSSR count). The van der Waals surface area contributed by atoms with Gasteiger partial charge in [0.25, 0.3) is 5.91 Å². The molecule has 1 saturated heterocycles. The molecule has 1 aliphatic rings. The summed E-state index contributed by atoms with van der Waals surface area (Å²) in [5.74, 6) is -0.475. The zero-order valence-electron chi connectivity index (χ0n) is 14.5. The number of hydrogen-bond acceptors (Lipinski definition) is 3. The number of nitrogens with one attached hydrogen (secondary N) is 2. The van der Waals surface area contributed by atoms with Crippen LogP contribution in [0.3, 0.4) is 0 Å². The van der Waals surface area contributed by atoms with Crippen LogP contribution in [0, 0.1) is 5.82 Å². The molecule has 134 valence electrons. The summed E-state index contributed by atoms with van der Waals surface area (Å²) in [7, 11) is 0. The van der Waals surface area contributed by atoms with Crippen molar-refractivity contribution in [2.75, 3.05) is 32.7 Å². The molecule has 2 heterocycles. The maximum absolute atomic E-state index is 13.8. The summed E-state index contributed by atoms with van der Waals surface area (Å²) in [6.45, 7) is 6.59. The Balaban J connectivity index is 1.59. The fourth-order valence-corrected chi connectivity index (χ4v) is 3.08. The molecule has 0 aliphatic carbocycles. The van der Waals surface area contributed by atoms with Crippen molar-refractivity contribution in [3.05, 3.63) is 35.8 Å². The van der Waals surface area contributed by atoms with Gasteiger partial charge in [0.1, 0.15) is 11.5 Å². The second-order valence-corrected chi connectivity index (χ2v) is 6.67. The SMILES string of the molecule is CC(C)NC(=O)CN1CCN(C(=O)c2cc3c(F)cccc3[nH]2)CC1. The van der Waals surface area contributed by atoms with Gasteiger partial charge in [-0.25, -0.2) is 4.39 Å². The topological polar surface area (TPSA) is 68.4 Å². The quantitative estimate of drug-likeness (QED) is 0.883. The van der Waals surface area contributed by atoms with Gasteiger partial charge < -0.3 is 15.2 Å². The molecule has 0 bridgehead atoms. The first-order chi connectivity index (χ1) is 11.9. The van der Waals surface area contributed by atoms with Gasteiger partial charge in [0.2, 0.25) is 5.91 Å². The summed E-state index contributed by atoms with van der Waals surface area (Å²) in [4.78, 5) is 31.2. The first kappa shape index (κ1) is 17.4. The molecular formula is C18H23FN4O2. The second-order valence-electron chi connectivity index (χ2n) is 6.67. The molecule has 1 aromatic heterocycles. The van der Waals surface area contributed by atoms with Gasteiger partial charge in [0.15, 0.2) is 0 Å². The highest BCUT2D eigenvalue weighted by atomic mass is 19.1. The Morgan fingerprint density at radius 2 is 1.96 bits per heavy atom. The fraction of sp³-hybridized carbons (Fsp3) is 0.444. The maximum atomic E-state index is 13.8. The summed E-state index contributed by atoms with van der Waals surface area (Å²) in [6.07, 6.45) is 0. The molecular weight excluding hydrogens is 323 g/mol. The molecule has 1 aromatic carbocycles.